The average Bonchev–Trinajstić information content (AvgIpc) is 1.41. The van der Waals surface area contributed by atoms with Gasteiger partial charge in [0.1, 0.15) is 0 Å². The molecular formula is Ag2INO3. The van der Waals surface area contributed by atoms with E-state index in [0.717, 1.165) is 0 Å². The third kappa shape index (κ3) is 109. The van der Waals surface area contributed by atoms with Crippen molar-refractivity contribution in [2.24, 2.45) is 0 Å². The molecule has 7 heavy (non-hydrogen) atoms. The SMILES string of the molecule is O=[N+]([O-])[O-].[Ag+].[Ag][I]. The minimum absolute atomic E-state index is 0. The molecule has 0 aliphatic carbocycles. The standard InChI is InChI=1S/2Ag.HI.NO3/c;;;2-1(3)4/h;;1H;/q2*+1;;-1/p-1. The summed E-state index contributed by atoms with van der Waals surface area (Å²) in [6.45, 7) is 0. The van der Waals surface area contributed by atoms with Crippen LogP contribution in [0.4, 0.5) is 0 Å². The van der Waals surface area contributed by atoms with Crippen LogP contribution < -0.4 is 0 Å². The molecule has 0 spiro atoms. The fourth-order valence-electron chi connectivity index (χ4n) is 0. The zero-order chi connectivity index (χ0) is 5.58. The molecule has 0 saturated heterocycles. The van der Waals surface area contributed by atoms with Gasteiger partial charge in [-0.15, -0.1) is 0 Å². The molecule has 0 amide bonds. The van der Waals surface area contributed by atoms with Crippen molar-refractivity contribution in [3.05, 3.63) is 15.3 Å². The van der Waals surface area contributed by atoms with Crippen molar-refractivity contribution < 1.29 is 44.7 Å². The summed E-state index contributed by atoms with van der Waals surface area (Å²) in [4.78, 5) is 8.25. The van der Waals surface area contributed by atoms with Crippen molar-refractivity contribution in [1.82, 2.24) is 0 Å². The molecule has 0 atom stereocenters. The molecule has 0 bridgehead atoms. The third-order valence-corrected chi connectivity index (χ3v) is 0. The molecule has 0 rings (SSSR count). The van der Waals surface area contributed by atoms with Gasteiger partial charge in [-0.05, 0) is 0 Å². The second kappa shape index (κ2) is 15.7. The molecule has 7 heteroatoms. The van der Waals surface area contributed by atoms with E-state index < -0.39 is 5.09 Å². The Bertz CT molecular complexity index is 35.9. The zero-order valence-electron chi connectivity index (χ0n) is 2.65. The van der Waals surface area contributed by atoms with Crippen LogP contribution in [-0.2, 0) is 39.6 Å². The molecule has 52 valence electrons. The van der Waals surface area contributed by atoms with Crippen LogP contribution in [0.1, 0.15) is 0 Å². The van der Waals surface area contributed by atoms with Crippen molar-refractivity contribution in [3.63, 3.8) is 0 Å². The van der Waals surface area contributed by atoms with Gasteiger partial charge in [-0.2, -0.15) is 0 Å². The average molecular weight is 405 g/mol. The molecule has 4 nitrogen and oxygen atoms in total. The van der Waals surface area contributed by atoms with Crippen LogP contribution in [0.5, 0.6) is 0 Å². The molecule has 0 radical (unpaired) electrons. The van der Waals surface area contributed by atoms with Crippen molar-refractivity contribution in [2.75, 3.05) is 0 Å². The number of rotatable bonds is 0. The summed E-state index contributed by atoms with van der Waals surface area (Å²) in [6.07, 6.45) is 0. The maximum absolute atomic E-state index is 8.25. The van der Waals surface area contributed by atoms with Crippen LogP contribution in [0.2, 0.25) is 0 Å². The van der Waals surface area contributed by atoms with Crippen molar-refractivity contribution in [2.45, 2.75) is 0 Å². The predicted molar refractivity (Wildman–Crippen MR) is 24.4 cm³/mol. The summed E-state index contributed by atoms with van der Waals surface area (Å²) in [5.41, 5.74) is 0. The minimum atomic E-state index is -1.75. The van der Waals surface area contributed by atoms with Gasteiger partial charge >= 0.3 is 58.7 Å². The van der Waals surface area contributed by atoms with Gasteiger partial charge in [-0.3, -0.25) is 0 Å². The molecule has 0 aliphatic heterocycles. The molecule has 0 aromatic heterocycles. The normalized spacial score (nSPS) is 4.43. The Morgan fingerprint density at radius 1 is 1.43 bits per heavy atom. The molecule has 0 unspecified atom stereocenters. The van der Waals surface area contributed by atoms with E-state index in [1.165, 1.54) is 0 Å². The number of halogens is 1. The monoisotopic (exact) mass is 403 g/mol. The second-order valence-electron chi connectivity index (χ2n) is 0.224. The van der Waals surface area contributed by atoms with Crippen molar-refractivity contribution in [3.8, 4) is 0 Å². The predicted octanol–water partition coefficient (Wildman–Crippen LogP) is 0.642. The van der Waals surface area contributed by atoms with Crippen molar-refractivity contribution >= 4 is 19.0 Å². The molecule has 0 N–H and O–H groups in total. The van der Waals surface area contributed by atoms with Gasteiger partial charge in [-0.25, -0.2) is 0 Å². The Hall–Kier alpha value is 1.41. The Balaban J connectivity index is -0.0000000480. The van der Waals surface area contributed by atoms with Crippen LogP contribution in [0.25, 0.3) is 0 Å². The van der Waals surface area contributed by atoms with Crippen LogP contribution in [0.3, 0.4) is 0 Å². The molecule has 0 aliphatic rings. The summed E-state index contributed by atoms with van der Waals surface area (Å²) in [5.74, 6) is 0. The summed E-state index contributed by atoms with van der Waals surface area (Å²) in [7, 11) is 0. The first-order valence-corrected chi connectivity index (χ1v) is 5.07. The van der Waals surface area contributed by atoms with E-state index in [0.29, 0.717) is 0 Å². The van der Waals surface area contributed by atoms with Crippen LogP contribution in [0, 0.1) is 15.3 Å². The van der Waals surface area contributed by atoms with Gasteiger partial charge < -0.3 is 15.3 Å². The molecule has 0 aromatic rings. The maximum atomic E-state index is 8.25. The quantitative estimate of drug-likeness (QED) is 0.258. The summed E-state index contributed by atoms with van der Waals surface area (Å²) in [5, 5.41) is 14.8. The first-order chi connectivity index (χ1) is 2.73. The van der Waals surface area contributed by atoms with Gasteiger partial charge in [0, 0.05) is 0 Å². The zero-order valence-corrected chi connectivity index (χ0v) is 7.77. The van der Waals surface area contributed by atoms with E-state index in [9.17, 15) is 0 Å². The molecule has 0 aromatic carbocycles. The van der Waals surface area contributed by atoms with E-state index in [-0.39, 0.29) is 22.4 Å². The fourth-order valence-corrected chi connectivity index (χ4v) is 0. The Labute approximate surface area is 78.1 Å². The number of hydrogen-bond donors (Lipinski definition) is 0. The van der Waals surface area contributed by atoms with Gasteiger partial charge in [-0.1, -0.05) is 0 Å². The van der Waals surface area contributed by atoms with Crippen LogP contribution in [-0.4, -0.2) is 5.09 Å². The second-order valence-corrected chi connectivity index (χ2v) is 0.224. The molecule has 0 heterocycles. The molecule has 0 saturated carbocycles. The third-order valence-electron chi connectivity index (χ3n) is 0. The Morgan fingerprint density at radius 2 is 1.43 bits per heavy atom. The first-order valence-electron chi connectivity index (χ1n) is 0.662. The molecule has 0 fully saturated rings. The summed E-state index contributed by atoms with van der Waals surface area (Å²) < 4.78 is 0. The van der Waals surface area contributed by atoms with Gasteiger partial charge in [0.05, 0.1) is 5.09 Å². The van der Waals surface area contributed by atoms with E-state index in [2.05, 4.69) is 17.3 Å². The van der Waals surface area contributed by atoms with E-state index in [4.69, 9.17) is 15.3 Å². The number of nitrogens with zero attached hydrogens (tertiary/aromatic N) is 1. The van der Waals surface area contributed by atoms with Crippen LogP contribution in [0.15, 0.2) is 0 Å². The van der Waals surface area contributed by atoms with Gasteiger partial charge in [0.25, 0.3) is 0 Å². The van der Waals surface area contributed by atoms with Gasteiger partial charge in [0.15, 0.2) is 0 Å². The molecular weight excluding hydrogens is 405 g/mol. The van der Waals surface area contributed by atoms with E-state index in [1.807, 2.05) is 19.0 Å². The first kappa shape index (κ1) is 15.8. The Kier molecular flexibility index (Phi) is 35.3. The van der Waals surface area contributed by atoms with Crippen molar-refractivity contribution in [1.29, 1.82) is 0 Å². The number of hydrogen-bond acceptors (Lipinski definition) is 3. The Morgan fingerprint density at radius 3 is 1.43 bits per heavy atom. The topological polar surface area (TPSA) is 66.2 Å². The van der Waals surface area contributed by atoms with Crippen LogP contribution >= 0.6 is 19.0 Å². The fraction of sp³-hybridized carbons (Fsp3) is 0. The summed E-state index contributed by atoms with van der Waals surface area (Å²) >= 11 is 4.88. The van der Waals surface area contributed by atoms with E-state index >= 15 is 0 Å². The van der Waals surface area contributed by atoms with E-state index in [1.54, 1.807) is 0 Å². The summed E-state index contributed by atoms with van der Waals surface area (Å²) in [6, 6.07) is 0. The van der Waals surface area contributed by atoms with Gasteiger partial charge in [0.2, 0.25) is 0 Å².